The second kappa shape index (κ2) is 7.54. The van der Waals surface area contributed by atoms with E-state index in [0.717, 1.165) is 11.4 Å². The summed E-state index contributed by atoms with van der Waals surface area (Å²) in [5, 5.41) is 6.10. The van der Waals surface area contributed by atoms with Crippen LogP contribution in [0.4, 0.5) is 11.4 Å². The first kappa shape index (κ1) is 13.2. The first-order chi connectivity index (χ1) is 6.60. The maximum atomic E-state index is 8.93. The predicted octanol–water partition coefficient (Wildman–Crippen LogP) is 1.66. The van der Waals surface area contributed by atoms with Crippen molar-refractivity contribution in [2.75, 3.05) is 24.7 Å². The van der Waals surface area contributed by atoms with Crippen LogP contribution in [0.15, 0.2) is 24.3 Å². The van der Waals surface area contributed by atoms with E-state index < -0.39 is 9.64 Å². The van der Waals surface area contributed by atoms with E-state index in [4.69, 9.17) is 8.76 Å². The molecule has 1 aromatic carbocycles. The molecular formula is C8H13N2O2S2-. The molecule has 0 aliphatic carbocycles. The van der Waals surface area contributed by atoms with E-state index in [9.17, 15) is 0 Å². The van der Waals surface area contributed by atoms with Gasteiger partial charge in [0.2, 0.25) is 0 Å². The molecule has 6 heteroatoms. The maximum Gasteiger partial charge on any atom is 0.0339 e. The van der Waals surface area contributed by atoms with Crippen LogP contribution in [0.2, 0.25) is 0 Å². The van der Waals surface area contributed by atoms with Gasteiger partial charge in [-0.1, -0.05) is 9.64 Å². The minimum absolute atomic E-state index is 1.14. The third kappa shape index (κ3) is 6.64. The van der Waals surface area contributed by atoms with Crippen LogP contribution < -0.4 is 10.6 Å². The zero-order valence-corrected chi connectivity index (χ0v) is 9.61. The number of hydrogen-bond donors (Lipinski definition) is 3. The highest BCUT2D eigenvalue weighted by atomic mass is 32.8. The van der Waals surface area contributed by atoms with E-state index in [0.29, 0.717) is 0 Å². The molecule has 0 heterocycles. The third-order valence-corrected chi connectivity index (χ3v) is 1.46. The summed E-state index contributed by atoms with van der Waals surface area (Å²) in [6, 6.07) is 8.13. The summed E-state index contributed by atoms with van der Waals surface area (Å²) in [7, 11) is 1.79. The van der Waals surface area contributed by atoms with E-state index in [1.54, 1.807) is 0 Å². The van der Waals surface area contributed by atoms with Crippen LogP contribution >= 0.6 is 0 Å². The lowest BCUT2D eigenvalue weighted by Gasteiger charge is -2.01. The van der Waals surface area contributed by atoms with Gasteiger partial charge in [0, 0.05) is 25.5 Å². The van der Waals surface area contributed by atoms with Crippen molar-refractivity contribution in [1.29, 1.82) is 0 Å². The van der Waals surface area contributed by atoms with Crippen LogP contribution in [0, 0.1) is 0 Å². The minimum atomic E-state index is -2.03. The normalized spacial score (nSPS) is 8.86. The molecule has 0 unspecified atom stereocenters. The second-order valence-corrected chi connectivity index (χ2v) is 3.58. The fourth-order valence-corrected chi connectivity index (χ4v) is 0.804. The smallest absolute Gasteiger partial charge is 0.0339 e. The molecule has 80 valence electrons. The summed E-state index contributed by atoms with van der Waals surface area (Å²) in [6.45, 7) is 0. The van der Waals surface area contributed by atoms with Gasteiger partial charge in [-0.3, -0.25) is 0 Å². The molecule has 3 N–H and O–H groups in total. The summed E-state index contributed by atoms with van der Waals surface area (Å²) in [5.74, 6) is 0. The van der Waals surface area contributed by atoms with Crippen molar-refractivity contribution < 1.29 is 8.76 Å². The Morgan fingerprint density at radius 1 is 1.14 bits per heavy atom. The topological polar surface area (TPSA) is 61.4 Å². The van der Waals surface area contributed by atoms with E-state index >= 15 is 0 Å². The first-order valence-corrected chi connectivity index (χ1v) is 5.87. The number of benzene rings is 1. The summed E-state index contributed by atoms with van der Waals surface area (Å²) in [6.07, 6.45) is 0. The highest BCUT2D eigenvalue weighted by molar-refractivity contribution is 8.18. The Hall–Kier alpha value is -0.850. The van der Waals surface area contributed by atoms with Crippen molar-refractivity contribution in [3.05, 3.63) is 24.3 Å². The van der Waals surface area contributed by atoms with E-state index in [1.807, 2.05) is 38.4 Å². The van der Waals surface area contributed by atoms with Crippen molar-refractivity contribution in [2.24, 2.45) is 0 Å². The second-order valence-electron chi connectivity index (χ2n) is 2.29. The third-order valence-electron chi connectivity index (χ3n) is 1.46. The van der Waals surface area contributed by atoms with Gasteiger partial charge in [-0.15, -0.1) is 0 Å². The van der Waals surface area contributed by atoms with Gasteiger partial charge in [-0.2, -0.15) is 0 Å². The first-order valence-electron chi connectivity index (χ1n) is 3.84. The molecule has 0 bridgehead atoms. The average molecular weight is 233 g/mol. The van der Waals surface area contributed by atoms with E-state index in [1.165, 1.54) is 0 Å². The monoisotopic (exact) mass is 233 g/mol. The Labute approximate surface area is 90.3 Å². The highest BCUT2D eigenvalue weighted by Gasteiger charge is 1.86. The minimum Gasteiger partial charge on any atom is -0.459 e. The van der Waals surface area contributed by atoms with Gasteiger partial charge >= 0.3 is 0 Å². The van der Waals surface area contributed by atoms with Gasteiger partial charge in [0.05, 0.1) is 0 Å². The summed E-state index contributed by atoms with van der Waals surface area (Å²) >= 11 is 3.65. The molecule has 0 saturated carbocycles. The molecule has 0 radical (unpaired) electrons. The molecule has 4 nitrogen and oxygen atoms in total. The van der Waals surface area contributed by atoms with Gasteiger partial charge in [0.1, 0.15) is 0 Å². The molecular weight excluding hydrogens is 220 g/mol. The highest BCUT2D eigenvalue weighted by Crippen LogP contribution is 2.11. The Balaban J connectivity index is 0.000000364. The molecule has 1 aromatic rings. The van der Waals surface area contributed by atoms with Crippen molar-refractivity contribution in [3.8, 4) is 0 Å². The molecule has 0 aromatic heterocycles. The van der Waals surface area contributed by atoms with Crippen molar-refractivity contribution >= 4 is 32.2 Å². The van der Waals surface area contributed by atoms with E-state index in [2.05, 4.69) is 21.8 Å². The predicted molar refractivity (Wildman–Crippen MR) is 63.6 cm³/mol. The summed E-state index contributed by atoms with van der Waals surface area (Å²) in [4.78, 5) is 0. The Morgan fingerprint density at radius 2 is 1.36 bits per heavy atom. The number of anilines is 2. The molecule has 0 aliphatic heterocycles. The van der Waals surface area contributed by atoms with Crippen LogP contribution in [0.5, 0.6) is 0 Å². The Bertz CT molecular complexity index is 292. The summed E-state index contributed by atoms with van der Waals surface area (Å²) < 4.78 is 16.3. The van der Waals surface area contributed by atoms with Crippen molar-refractivity contribution in [2.45, 2.75) is 0 Å². The van der Waals surface area contributed by atoms with Crippen LogP contribution in [0.25, 0.3) is 0 Å². The molecule has 0 saturated heterocycles. The fourth-order valence-electron chi connectivity index (χ4n) is 0.804. The number of nitrogens with one attached hydrogen (secondary N) is 2. The molecule has 1 rings (SSSR count). The van der Waals surface area contributed by atoms with Crippen molar-refractivity contribution in [1.82, 2.24) is 0 Å². The standard InChI is InChI=1S/C8H12N2.HO2S2/c1-9-7-3-5-8(10-2)6-4-7;1-4(2)3/h3-6,9-10H,1-2H3;(H,1,2,3)/q;-1. The van der Waals surface area contributed by atoms with Gasteiger partial charge in [-0.25, -0.2) is 11.2 Å². The SMILES string of the molecule is CNc1ccc(NC)cc1.O=[S-](O)=S. The summed E-state index contributed by atoms with van der Waals surface area (Å²) in [5.41, 5.74) is 2.28. The molecule has 0 fully saturated rings. The number of rotatable bonds is 2. The molecule has 0 spiro atoms. The Morgan fingerprint density at radius 3 is 1.50 bits per heavy atom. The van der Waals surface area contributed by atoms with Gasteiger partial charge < -0.3 is 19.4 Å². The van der Waals surface area contributed by atoms with Gasteiger partial charge in [-0.05, 0) is 24.3 Å². The molecule has 0 amide bonds. The molecule has 0 atom stereocenters. The van der Waals surface area contributed by atoms with Crippen LogP contribution in [0.3, 0.4) is 0 Å². The average Bonchev–Trinajstić information content (AvgIpc) is 2.17. The fraction of sp³-hybridized carbons (Fsp3) is 0.250. The number of hydrogen-bond acceptors (Lipinski definition) is 5. The van der Waals surface area contributed by atoms with Crippen LogP contribution in [-0.4, -0.2) is 18.6 Å². The maximum absolute atomic E-state index is 8.93. The lowest BCUT2D eigenvalue weighted by Crippen LogP contribution is -1.89. The molecule has 14 heavy (non-hydrogen) atoms. The Kier molecular flexibility index (Phi) is 7.09. The quantitative estimate of drug-likeness (QED) is 0.535. The zero-order chi connectivity index (χ0) is 11.0. The van der Waals surface area contributed by atoms with Crippen molar-refractivity contribution in [3.63, 3.8) is 0 Å². The largest absolute Gasteiger partial charge is 0.459 e. The lowest BCUT2D eigenvalue weighted by molar-refractivity contribution is 0.536. The van der Waals surface area contributed by atoms with Gasteiger partial charge in [0.25, 0.3) is 0 Å². The van der Waals surface area contributed by atoms with Crippen LogP contribution in [-0.2, 0) is 25.0 Å². The molecule has 0 aliphatic rings. The zero-order valence-electron chi connectivity index (χ0n) is 7.98. The van der Waals surface area contributed by atoms with Crippen LogP contribution in [0.1, 0.15) is 0 Å². The van der Waals surface area contributed by atoms with Gasteiger partial charge in [0.15, 0.2) is 0 Å². The van der Waals surface area contributed by atoms with E-state index in [-0.39, 0.29) is 0 Å². The lowest BCUT2D eigenvalue weighted by atomic mass is 10.3.